The fourth-order valence-corrected chi connectivity index (χ4v) is 7.96. The summed E-state index contributed by atoms with van der Waals surface area (Å²) in [4.78, 5) is 26.0. The van der Waals surface area contributed by atoms with Crippen molar-refractivity contribution in [3.8, 4) is 0 Å². The van der Waals surface area contributed by atoms with Crippen molar-refractivity contribution < 1.29 is 24.5 Å². The number of aliphatic hydroxyl groups is 2. The van der Waals surface area contributed by atoms with Crippen LogP contribution in [0.5, 0.6) is 0 Å². The summed E-state index contributed by atoms with van der Waals surface area (Å²) in [7, 11) is 0. The summed E-state index contributed by atoms with van der Waals surface area (Å²) in [5.41, 5.74) is 0. The lowest BCUT2D eigenvalue weighted by Gasteiger charge is -2.24. The van der Waals surface area contributed by atoms with Crippen LogP contribution in [0.1, 0.15) is 278 Å². The molecule has 3 atom stereocenters. The molecule has 0 aliphatic rings. The molecule has 0 aromatic carbocycles. The van der Waals surface area contributed by atoms with E-state index in [0.717, 1.165) is 57.8 Å². The highest BCUT2D eigenvalue weighted by Gasteiger charge is 2.24. The van der Waals surface area contributed by atoms with Crippen LogP contribution in [0.4, 0.5) is 0 Å². The molecule has 0 saturated carbocycles. The van der Waals surface area contributed by atoms with E-state index in [4.69, 9.17) is 4.74 Å². The number of amides is 1. The molecule has 0 aliphatic heterocycles. The van der Waals surface area contributed by atoms with E-state index >= 15 is 0 Å². The van der Waals surface area contributed by atoms with Gasteiger partial charge in [0.1, 0.15) is 6.10 Å². The average molecular weight is 806 g/mol. The van der Waals surface area contributed by atoms with Crippen LogP contribution in [-0.4, -0.2) is 46.9 Å². The fourth-order valence-electron chi connectivity index (χ4n) is 7.96. The number of hydrogen-bond donors (Lipinski definition) is 3. The van der Waals surface area contributed by atoms with E-state index in [0.29, 0.717) is 19.3 Å². The Hall–Kier alpha value is -1.40. The minimum absolute atomic E-state index is 0.0812. The van der Waals surface area contributed by atoms with E-state index in [1.54, 1.807) is 0 Å². The molecule has 0 heterocycles. The molecule has 0 rings (SSSR count). The molecule has 0 radical (unpaired) electrons. The topological polar surface area (TPSA) is 95.9 Å². The van der Waals surface area contributed by atoms with Crippen molar-refractivity contribution in [1.29, 1.82) is 0 Å². The van der Waals surface area contributed by atoms with Gasteiger partial charge in [0.25, 0.3) is 0 Å². The summed E-state index contributed by atoms with van der Waals surface area (Å²) in [6.07, 6.45) is 49.8. The molecular weight excluding hydrogens is 707 g/mol. The third-order valence-electron chi connectivity index (χ3n) is 11.8. The summed E-state index contributed by atoms with van der Waals surface area (Å²) in [6, 6.07) is -0.695. The highest BCUT2D eigenvalue weighted by atomic mass is 16.5. The summed E-state index contributed by atoms with van der Waals surface area (Å²) in [6.45, 7) is 6.44. The molecule has 57 heavy (non-hydrogen) atoms. The maximum Gasteiger partial charge on any atom is 0.306 e. The minimum Gasteiger partial charge on any atom is -0.462 e. The van der Waals surface area contributed by atoms with Crippen molar-refractivity contribution >= 4 is 11.9 Å². The molecule has 0 saturated heterocycles. The highest BCUT2D eigenvalue weighted by molar-refractivity contribution is 5.77. The monoisotopic (exact) mass is 806 g/mol. The zero-order valence-electron chi connectivity index (χ0n) is 38.5. The second-order valence-corrected chi connectivity index (χ2v) is 17.6. The Kier molecular flexibility index (Phi) is 44.6. The number of rotatable bonds is 46. The van der Waals surface area contributed by atoms with E-state index < -0.39 is 18.2 Å². The van der Waals surface area contributed by atoms with Gasteiger partial charge in [-0.2, -0.15) is 0 Å². The van der Waals surface area contributed by atoms with Crippen LogP contribution in [0.2, 0.25) is 0 Å². The molecule has 338 valence electrons. The largest absolute Gasteiger partial charge is 0.462 e. The number of carbonyl (C=O) groups is 2. The van der Waals surface area contributed by atoms with Crippen molar-refractivity contribution in [2.24, 2.45) is 0 Å². The summed E-state index contributed by atoms with van der Waals surface area (Å²) < 4.78 is 5.92. The van der Waals surface area contributed by atoms with Gasteiger partial charge < -0.3 is 20.3 Å². The Morgan fingerprint density at radius 1 is 0.491 bits per heavy atom. The second-order valence-electron chi connectivity index (χ2n) is 17.6. The molecular formula is C51H99NO5. The number of aliphatic hydroxyl groups excluding tert-OH is 2. The van der Waals surface area contributed by atoms with Gasteiger partial charge in [-0.25, -0.2) is 0 Å². The number of allylic oxidation sites excluding steroid dienone is 2. The van der Waals surface area contributed by atoms with E-state index in [-0.39, 0.29) is 24.9 Å². The number of carbonyl (C=O) groups excluding carboxylic acids is 2. The lowest BCUT2D eigenvalue weighted by Crippen LogP contribution is -2.46. The third-order valence-corrected chi connectivity index (χ3v) is 11.8. The van der Waals surface area contributed by atoms with Crippen LogP contribution >= 0.6 is 0 Å². The highest BCUT2D eigenvalue weighted by Crippen LogP contribution is 2.18. The van der Waals surface area contributed by atoms with Crippen molar-refractivity contribution in [3.63, 3.8) is 0 Å². The van der Waals surface area contributed by atoms with E-state index in [2.05, 4.69) is 38.2 Å². The van der Waals surface area contributed by atoms with Crippen LogP contribution in [0.3, 0.4) is 0 Å². The van der Waals surface area contributed by atoms with Gasteiger partial charge in [0.2, 0.25) is 5.91 Å². The number of hydrogen-bond acceptors (Lipinski definition) is 5. The molecule has 0 bridgehead atoms. The van der Waals surface area contributed by atoms with E-state index in [1.807, 2.05) is 0 Å². The van der Waals surface area contributed by atoms with Gasteiger partial charge in [0.05, 0.1) is 25.2 Å². The summed E-state index contributed by atoms with van der Waals surface area (Å²) in [5.74, 6) is -0.470. The predicted molar refractivity (Wildman–Crippen MR) is 246 cm³/mol. The quantitative estimate of drug-likeness (QED) is 0.0323. The van der Waals surface area contributed by atoms with Gasteiger partial charge in [-0.3, -0.25) is 9.59 Å². The lowest BCUT2D eigenvalue weighted by atomic mass is 10.0. The molecule has 1 amide bonds. The van der Waals surface area contributed by atoms with Gasteiger partial charge in [0.15, 0.2) is 0 Å². The SMILES string of the molecule is CCC/C=C\CCCCCCCC(=O)OC(CCCCCCCCCCCCCCCCC)CC(=O)NC(CO)C(O)CCCCCCCCCCCCCCC. The van der Waals surface area contributed by atoms with Crippen LogP contribution in [0.25, 0.3) is 0 Å². The van der Waals surface area contributed by atoms with Gasteiger partial charge in [-0.1, -0.05) is 232 Å². The molecule has 3 unspecified atom stereocenters. The fraction of sp³-hybridized carbons (Fsp3) is 0.922. The number of esters is 1. The molecule has 0 aliphatic carbocycles. The Morgan fingerprint density at radius 2 is 0.877 bits per heavy atom. The Morgan fingerprint density at radius 3 is 1.32 bits per heavy atom. The summed E-state index contributed by atoms with van der Waals surface area (Å²) in [5, 5.41) is 23.7. The number of ether oxygens (including phenoxy) is 1. The Balaban J connectivity index is 4.52. The van der Waals surface area contributed by atoms with Gasteiger partial charge >= 0.3 is 5.97 Å². The molecule has 0 spiro atoms. The zero-order chi connectivity index (χ0) is 41.7. The molecule has 0 fully saturated rings. The van der Waals surface area contributed by atoms with Gasteiger partial charge in [0, 0.05) is 6.42 Å². The van der Waals surface area contributed by atoms with E-state index in [9.17, 15) is 19.8 Å². The number of unbranched alkanes of at least 4 members (excludes halogenated alkanes) is 32. The van der Waals surface area contributed by atoms with Gasteiger partial charge in [-0.15, -0.1) is 0 Å². The maximum absolute atomic E-state index is 13.2. The molecule has 0 aromatic rings. The standard InChI is InChI=1S/C51H99NO5/c1-4-7-10-13-16-19-22-24-25-27-28-30-33-36-39-42-47(57-51(56)44-41-38-35-32-21-18-15-12-9-6-3)45-50(55)52-48(46-53)49(54)43-40-37-34-31-29-26-23-20-17-14-11-8-5-2/h12,15,47-49,53-54H,4-11,13-14,16-46H2,1-3H3,(H,52,55)/b15-12-. The first-order valence-electron chi connectivity index (χ1n) is 25.4. The molecule has 3 N–H and O–H groups in total. The molecule has 6 heteroatoms. The average Bonchev–Trinajstić information content (AvgIpc) is 3.20. The van der Waals surface area contributed by atoms with Crippen LogP contribution in [-0.2, 0) is 14.3 Å². The molecule has 0 aromatic heterocycles. The van der Waals surface area contributed by atoms with Crippen LogP contribution in [0, 0.1) is 0 Å². The van der Waals surface area contributed by atoms with Crippen LogP contribution in [0.15, 0.2) is 12.2 Å². The van der Waals surface area contributed by atoms with Gasteiger partial charge in [-0.05, 0) is 44.9 Å². The lowest BCUT2D eigenvalue weighted by molar-refractivity contribution is -0.151. The second kappa shape index (κ2) is 45.7. The van der Waals surface area contributed by atoms with Crippen molar-refractivity contribution in [1.82, 2.24) is 5.32 Å². The first-order chi connectivity index (χ1) is 28.0. The Bertz CT molecular complexity index is 863. The first kappa shape index (κ1) is 55.6. The smallest absolute Gasteiger partial charge is 0.306 e. The normalized spacial score (nSPS) is 13.3. The van der Waals surface area contributed by atoms with Crippen molar-refractivity contribution in [2.45, 2.75) is 296 Å². The van der Waals surface area contributed by atoms with Crippen LogP contribution < -0.4 is 5.32 Å². The first-order valence-corrected chi connectivity index (χ1v) is 25.4. The zero-order valence-corrected chi connectivity index (χ0v) is 38.5. The predicted octanol–water partition coefficient (Wildman–Crippen LogP) is 15.0. The van der Waals surface area contributed by atoms with E-state index in [1.165, 1.54) is 173 Å². The minimum atomic E-state index is -0.782. The third kappa shape index (κ3) is 41.1. The molecule has 6 nitrogen and oxygen atoms in total. The van der Waals surface area contributed by atoms with Crippen molar-refractivity contribution in [2.75, 3.05) is 6.61 Å². The Labute approximate surface area is 355 Å². The number of nitrogens with one attached hydrogen (secondary N) is 1. The maximum atomic E-state index is 13.2. The van der Waals surface area contributed by atoms with Crippen molar-refractivity contribution in [3.05, 3.63) is 12.2 Å². The summed E-state index contributed by atoms with van der Waals surface area (Å²) >= 11 is 0.